The lowest BCUT2D eigenvalue weighted by molar-refractivity contribution is -0.145. The topological polar surface area (TPSA) is 72.9 Å². The van der Waals surface area contributed by atoms with Crippen LogP contribution in [0.15, 0.2) is 47.4 Å². The Bertz CT molecular complexity index is 1010. The van der Waals surface area contributed by atoms with Gasteiger partial charge in [-0.15, -0.1) is 0 Å². The maximum atomic E-state index is 12.7. The van der Waals surface area contributed by atoms with Gasteiger partial charge in [-0.2, -0.15) is 0 Å². The monoisotopic (exact) mass is 649 g/mol. The summed E-state index contributed by atoms with van der Waals surface area (Å²) in [6, 6.07) is 13.6. The van der Waals surface area contributed by atoms with E-state index in [1.165, 1.54) is 0 Å². The Morgan fingerprint density at radius 1 is 1.17 bits per heavy atom. The van der Waals surface area contributed by atoms with Crippen molar-refractivity contribution in [3.63, 3.8) is 0 Å². The number of benzene rings is 2. The van der Waals surface area contributed by atoms with Crippen LogP contribution in [0, 0.1) is 7.14 Å². The fourth-order valence-electron chi connectivity index (χ4n) is 2.68. The van der Waals surface area contributed by atoms with Crippen LogP contribution in [0.5, 0.6) is 5.75 Å². The number of hydrogen-bond acceptors (Lipinski definition) is 6. The molecular weight excluding hydrogens is 632 g/mol. The van der Waals surface area contributed by atoms with Crippen LogP contribution in [0.3, 0.4) is 0 Å². The van der Waals surface area contributed by atoms with Gasteiger partial charge in [0.1, 0.15) is 18.9 Å². The van der Waals surface area contributed by atoms with Crippen LogP contribution in [-0.4, -0.2) is 35.2 Å². The van der Waals surface area contributed by atoms with Gasteiger partial charge >= 0.3 is 5.97 Å². The normalized spacial score (nSPS) is 15.0. The third kappa shape index (κ3) is 5.76. The largest absolute Gasteiger partial charge is 0.487 e. The lowest BCUT2D eigenvalue weighted by atomic mass is 10.1. The van der Waals surface area contributed by atoms with E-state index in [0.717, 1.165) is 29.4 Å². The van der Waals surface area contributed by atoms with E-state index >= 15 is 0 Å². The summed E-state index contributed by atoms with van der Waals surface area (Å²) in [5.41, 5.74) is 1.72. The zero-order valence-corrected chi connectivity index (χ0v) is 21.0. The molecule has 0 radical (unpaired) electrons. The Morgan fingerprint density at radius 3 is 2.60 bits per heavy atom. The van der Waals surface area contributed by atoms with E-state index in [0.29, 0.717) is 17.9 Å². The predicted octanol–water partition coefficient (Wildman–Crippen LogP) is 5.07. The Kier molecular flexibility index (Phi) is 8.17. The van der Waals surface area contributed by atoms with E-state index in [9.17, 15) is 14.4 Å². The third-order valence-corrected chi connectivity index (χ3v) is 6.35. The van der Waals surface area contributed by atoms with E-state index in [-0.39, 0.29) is 11.5 Å². The molecule has 1 fully saturated rings. The molecule has 0 saturated carbocycles. The van der Waals surface area contributed by atoms with Crippen molar-refractivity contribution >= 4 is 80.1 Å². The molecule has 0 spiro atoms. The number of hydrogen-bond donors (Lipinski definition) is 0. The van der Waals surface area contributed by atoms with Crippen LogP contribution >= 0.6 is 56.9 Å². The van der Waals surface area contributed by atoms with Crippen LogP contribution in [0.2, 0.25) is 0 Å². The molecule has 0 atom stereocenters. The summed E-state index contributed by atoms with van der Waals surface area (Å²) in [5, 5.41) is -0.494. The van der Waals surface area contributed by atoms with Crippen LogP contribution in [0.25, 0.3) is 6.08 Å². The van der Waals surface area contributed by atoms with E-state index < -0.39 is 23.7 Å². The van der Waals surface area contributed by atoms with Gasteiger partial charge in [0, 0.05) is 9.13 Å². The molecular formula is C21H17I2NO5S. The molecule has 0 unspecified atom stereocenters. The molecule has 0 aliphatic carbocycles. The molecule has 6 nitrogen and oxygen atoms in total. The molecule has 0 N–H and O–H groups in total. The first-order valence-corrected chi connectivity index (χ1v) is 11.9. The van der Waals surface area contributed by atoms with Gasteiger partial charge in [0.05, 0.1) is 15.1 Å². The number of ether oxygens (including phenoxy) is 2. The van der Waals surface area contributed by atoms with Gasteiger partial charge in [0.2, 0.25) is 0 Å². The maximum Gasteiger partial charge on any atom is 0.326 e. The molecule has 9 heteroatoms. The van der Waals surface area contributed by atoms with Gasteiger partial charge in [0.15, 0.2) is 0 Å². The number of carbonyl (C=O) groups excluding carboxylic acids is 3. The number of esters is 1. The second-order valence-corrected chi connectivity index (χ2v) is 9.55. The van der Waals surface area contributed by atoms with Crippen molar-refractivity contribution in [3.8, 4) is 5.75 Å². The van der Waals surface area contributed by atoms with Gasteiger partial charge < -0.3 is 9.47 Å². The molecule has 1 saturated heterocycles. The number of imide groups is 1. The number of amides is 2. The van der Waals surface area contributed by atoms with Crippen molar-refractivity contribution in [2.75, 3.05) is 13.2 Å². The minimum atomic E-state index is -0.614. The molecule has 30 heavy (non-hydrogen) atoms. The quantitative estimate of drug-likeness (QED) is 0.237. The molecule has 2 amide bonds. The molecule has 0 aromatic heterocycles. The van der Waals surface area contributed by atoms with Crippen LogP contribution in [-0.2, 0) is 20.9 Å². The first kappa shape index (κ1) is 23.1. The van der Waals surface area contributed by atoms with Gasteiger partial charge in [-0.25, -0.2) is 0 Å². The fraction of sp³-hybridized carbons (Fsp3) is 0.190. The lowest BCUT2D eigenvalue weighted by Gasteiger charge is -2.13. The van der Waals surface area contributed by atoms with Crippen LogP contribution in [0.4, 0.5) is 4.79 Å². The summed E-state index contributed by atoms with van der Waals surface area (Å²) >= 11 is 5.19. The van der Waals surface area contributed by atoms with Crippen molar-refractivity contribution in [2.45, 2.75) is 13.5 Å². The second-order valence-electron chi connectivity index (χ2n) is 6.15. The number of nitrogens with zero attached hydrogens (tertiary/aromatic N) is 1. The zero-order valence-electron chi connectivity index (χ0n) is 15.9. The molecule has 0 bridgehead atoms. The highest BCUT2D eigenvalue weighted by Crippen LogP contribution is 2.36. The van der Waals surface area contributed by atoms with E-state index in [2.05, 4.69) is 45.2 Å². The Hall–Kier alpha value is -1.60. The van der Waals surface area contributed by atoms with Gasteiger partial charge in [-0.3, -0.25) is 19.3 Å². The number of halogens is 2. The summed E-state index contributed by atoms with van der Waals surface area (Å²) in [6.45, 7) is 1.84. The SMILES string of the molecule is CCOC(=O)CN1C(=O)S/C(=C/c2cc(I)cc(I)c2OCc2ccccc2)C1=O. The van der Waals surface area contributed by atoms with Gasteiger partial charge in [0.25, 0.3) is 11.1 Å². The Morgan fingerprint density at radius 2 is 1.90 bits per heavy atom. The van der Waals surface area contributed by atoms with Gasteiger partial charge in [-0.05, 0) is 87.6 Å². The van der Waals surface area contributed by atoms with Crippen LogP contribution in [0.1, 0.15) is 18.1 Å². The fourth-order valence-corrected chi connectivity index (χ4v) is 5.56. The van der Waals surface area contributed by atoms with E-state index in [1.807, 2.05) is 42.5 Å². The molecule has 2 aromatic rings. The second kappa shape index (κ2) is 10.6. The third-order valence-electron chi connectivity index (χ3n) is 4.02. The molecule has 2 aromatic carbocycles. The average molecular weight is 649 g/mol. The highest BCUT2D eigenvalue weighted by Gasteiger charge is 2.36. The molecule has 1 aliphatic rings. The summed E-state index contributed by atoms with van der Waals surface area (Å²) in [5.74, 6) is -0.491. The van der Waals surface area contributed by atoms with Crippen molar-refractivity contribution in [1.29, 1.82) is 0 Å². The Labute approximate surface area is 205 Å². The van der Waals surface area contributed by atoms with Crippen molar-refractivity contribution in [2.24, 2.45) is 0 Å². The maximum absolute atomic E-state index is 12.7. The van der Waals surface area contributed by atoms with Crippen LogP contribution < -0.4 is 4.74 Å². The first-order chi connectivity index (χ1) is 14.4. The molecule has 3 rings (SSSR count). The minimum Gasteiger partial charge on any atom is -0.487 e. The van der Waals surface area contributed by atoms with Crippen molar-refractivity contribution in [3.05, 3.63) is 65.6 Å². The van der Waals surface area contributed by atoms with E-state index in [1.54, 1.807) is 13.0 Å². The first-order valence-electron chi connectivity index (χ1n) is 8.95. The zero-order chi connectivity index (χ0) is 21.7. The highest BCUT2D eigenvalue weighted by molar-refractivity contribution is 14.1. The summed E-state index contributed by atoms with van der Waals surface area (Å²) in [6.07, 6.45) is 1.64. The minimum absolute atomic E-state index is 0.188. The summed E-state index contributed by atoms with van der Waals surface area (Å²) in [7, 11) is 0. The smallest absolute Gasteiger partial charge is 0.326 e. The number of rotatable bonds is 7. The van der Waals surface area contributed by atoms with Crippen molar-refractivity contribution < 1.29 is 23.9 Å². The van der Waals surface area contributed by atoms with Gasteiger partial charge in [-0.1, -0.05) is 30.3 Å². The lowest BCUT2D eigenvalue weighted by Crippen LogP contribution is -2.34. The summed E-state index contributed by atoms with van der Waals surface area (Å²) in [4.78, 5) is 37.8. The highest BCUT2D eigenvalue weighted by atomic mass is 127. The number of thioether (sulfide) groups is 1. The number of carbonyl (C=O) groups is 3. The standard InChI is InChI=1S/C21H17I2NO5S/c1-2-28-18(25)11-24-20(26)17(30-21(24)27)9-14-8-15(22)10-16(23)19(14)29-12-13-6-4-3-5-7-13/h3-10H,2,11-12H2,1H3/b17-9+. The molecule has 1 aliphatic heterocycles. The Balaban J connectivity index is 1.86. The molecule has 156 valence electrons. The van der Waals surface area contributed by atoms with Crippen molar-refractivity contribution in [1.82, 2.24) is 4.90 Å². The summed E-state index contributed by atoms with van der Waals surface area (Å²) < 4.78 is 12.8. The average Bonchev–Trinajstić information content (AvgIpc) is 2.95. The van der Waals surface area contributed by atoms with E-state index in [4.69, 9.17) is 9.47 Å². The molecule has 1 heterocycles. The predicted molar refractivity (Wildman–Crippen MR) is 132 cm³/mol.